The van der Waals surface area contributed by atoms with Gasteiger partial charge in [-0.3, -0.25) is 10.1 Å². The second-order valence-electron chi connectivity index (χ2n) is 4.60. The maximum absolute atomic E-state index is 11.9. The standard InChI is InChI=1S/C14H16ClN5O2S2/c1-2-7-16-11(21)8-23-14-20-19-13(24-14)18-12(22)17-10-5-3-9(15)4-6-10/h3-6H,2,7-8H2,1H3,(H,16,21)(H2,17,18,19,22). The Hall–Kier alpha value is -1.84. The van der Waals surface area contributed by atoms with Crippen LogP contribution in [0.1, 0.15) is 13.3 Å². The van der Waals surface area contributed by atoms with Crippen molar-refractivity contribution in [1.29, 1.82) is 0 Å². The molecule has 0 atom stereocenters. The SMILES string of the molecule is CCCNC(=O)CSc1nnc(NC(=O)Nc2ccc(Cl)cc2)s1. The molecule has 0 fully saturated rings. The average Bonchev–Trinajstić information content (AvgIpc) is 3.00. The van der Waals surface area contributed by atoms with E-state index in [0.29, 0.717) is 26.7 Å². The highest BCUT2D eigenvalue weighted by molar-refractivity contribution is 8.01. The third kappa shape index (κ3) is 6.34. The number of hydrogen-bond acceptors (Lipinski definition) is 6. The Bertz CT molecular complexity index is 693. The molecule has 7 nitrogen and oxygen atoms in total. The van der Waals surface area contributed by atoms with Gasteiger partial charge in [0, 0.05) is 17.3 Å². The van der Waals surface area contributed by atoms with E-state index in [-0.39, 0.29) is 11.7 Å². The zero-order chi connectivity index (χ0) is 17.4. The quantitative estimate of drug-likeness (QED) is 0.501. The van der Waals surface area contributed by atoms with E-state index in [1.54, 1.807) is 24.3 Å². The number of urea groups is 1. The lowest BCUT2D eigenvalue weighted by Gasteiger charge is -2.04. The van der Waals surface area contributed by atoms with Crippen molar-refractivity contribution in [3.8, 4) is 0 Å². The predicted octanol–water partition coefficient (Wildman–Crippen LogP) is 3.45. The smallest absolute Gasteiger partial charge is 0.325 e. The lowest BCUT2D eigenvalue weighted by Crippen LogP contribution is -2.25. The van der Waals surface area contributed by atoms with E-state index in [0.717, 1.165) is 6.42 Å². The van der Waals surface area contributed by atoms with Crippen LogP contribution in [0.5, 0.6) is 0 Å². The van der Waals surface area contributed by atoms with Crippen molar-refractivity contribution in [2.24, 2.45) is 0 Å². The van der Waals surface area contributed by atoms with E-state index in [4.69, 9.17) is 11.6 Å². The summed E-state index contributed by atoms with van der Waals surface area (Å²) in [6.45, 7) is 2.65. The summed E-state index contributed by atoms with van der Waals surface area (Å²) in [5.41, 5.74) is 0.614. The van der Waals surface area contributed by atoms with Crippen molar-refractivity contribution >= 4 is 57.5 Å². The van der Waals surface area contributed by atoms with Crippen LogP contribution in [0.15, 0.2) is 28.6 Å². The number of rotatable bonds is 7. The predicted molar refractivity (Wildman–Crippen MR) is 98.0 cm³/mol. The van der Waals surface area contributed by atoms with Gasteiger partial charge in [0.15, 0.2) is 4.34 Å². The number of hydrogen-bond donors (Lipinski definition) is 3. The lowest BCUT2D eigenvalue weighted by atomic mass is 10.3. The molecule has 2 aromatic rings. The van der Waals surface area contributed by atoms with Crippen LogP contribution in [0.25, 0.3) is 0 Å². The number of thioether (sulfide) groups is 1. The van der Waals surface area contributed by atoms with Crippen LogP contribution in [-0.2, 0) is 4.79 Å². The minimum Gasteiger partial charge on any atom is -0.355 e. The highest BCUT2D eigenvalue weighted by Crippen LogP contribution is 2.25. The Labute approximate surface area is 152 Å². The van der Waals surface area contributed by atoms with Gasteiger partial charge in [0.25, 0.3) is 0 Å². The third-order valence-electron chi connectivity index (χ3n) is 2.63. The van der Waals surface area contributed by atoms with Crippen LogP contribution in [0.4, 0.5) is 15.6 Å². The summed E-state index contributed by atoms with van der Waals surface area (Å²) in [5, 5.41) is 16.8. The van der Waals surface area contributed by atoms with Crippen molar-refractivity contribution in [2.45, 2.75) is 17.7 Å². The van der Waals surface area contributed by atoms with E-state index in [9.17, 15) is 9.59 Å². The van der Waals surface area contributed by atoms with E-state index >= 15 is 0 Å². The van der Waals surface area contributed by atoms with Crippen LogP contribution < -0.4 is 16.0 Å². The first-order valence-electron chi connectivity index (χ1n) is 7.13. The van der Waals surface area contributed by atoms with Crippen molar-refractivity contribution in [3.63, 3.8) is 0 Å². The normalized spacial score (nSPS) is 10.2. The van der Waals surface area contributed by atoms with Gasteiger partial charge in [0.1, 0.15) is 0 Å². The second-order valence-corrected chi connectivity index (χ2v) is 7.23. The molecule has 0 radical (unpaired) electrons. The number of aromatic nitrogens is 2. The zero-order valence-electron chi connectivity index (χ0n) is 12.8. The van der Waals surface area contributed by atoms with Crippen LogP contribution >= 0.6 is 34.7 Å². The molecule has 0 unspecified atom stereocenters. The molecule has 128 valence electrons. The highest BCUT2D eigenvalue weighted by Gasteiger charge is 2.10. The van der Waals surface area contributed by atoms with Crippen LogP contribution in [0.3, 0.4) is 0 Å². The van der Waals surface area contributed by atoms with Gasteiger partial charge in [-0.1, -0.05) is 41.6 Å². The number of amides is 3. The molecule has 0 bridgehead atoms. The lowest BCUT2D eigenvalue weighted by molar-refractivity contribution is -0.118. The molecular formula is C14H16ClN5O2S2. The van der Waals surface area contributed by atoms with Crippen LogP contribution in [0, 0.1) is 0 Å². The number of halogens is 1. The molecule has 1 aromatic carbocycles. The first-order chi connectivity index (χ1) is 11.6. The van der Waals surface area contributed by atoms with E-state index < -0.39 is 6.03 Å². The fourth-order valence-electron chi connectivity index (χ4n) is 1.55. The van der Waals surface area contributed by atoms with E-state index in [1.807, 2.05) is 6.92 Å². The monoisotopic (exact) mass is 385 g/mol. The molecule has 0 aliphatic heterocycles. The van der Waals surface area contributed by atoms with Crippen LogP contribution in [0.2, 0.25) is 5.02 Å². The maximum Gasteiger partial charge on any atom is 0.325 e. The highest BCUT2D eigenvalue weighted by atomic mass is 35.5. The molecule has 10 heteroatoms. The van der Waals surface area contributed by atoms with Gasteiger partial charge in [0.05, 0.1) is 5.75 Å². The maximum atomic E-state index is 11.9. The zero-order valence-corrected chi connectivity index (χ0v) is 15.2. The minimum atomic E-state index is -0.425. The number of carbonyl (C=O) groups is 2. The number of nitrogens with one attached hydrogen (secondary N) is 3. The molecular weight excluding hydrogens is 370 g/mol. The second kappa shape index (κ2) is 9.45. The third-order valence-corrected chi connectivity index (χ3v) is 4.85. The fourth-order valence-corrected chi connectivity index (χ4v) is 3.26. The Morgan fingerprint density at radius 2 is 1.96 bits per heavy atom. The van der Waals surface area contributed by atoms with E-state index in [1.165, 1.54) is 23.1 Å². The molecule has 2 rings (SSSR count). The van der Waals surface area contributed by atoms with Gasteiger partial charge in [-0.2, -0.15) is 0 Å². The Morgan fingerprint density at radius 3 is 2.67 bits per heavy atom. The molecule has 3 amide bonds. The van der Waals surface area contributed by atoms with Crippen molar-refractivity contribution in [1.82, 2.24) is 15.5 Å². The molecule has 3 N–H and O–H groups in total. The summed E-state index contributed by atoms with van der Waals surface area (Å²) in [6.07, 6.45) is 0.895. The molecule has 1 aromatic heterocycles. The number of anilines is 2. The summed E-state index contributed by atoms with van der Waals surface area (Å²) >= 11 is 8.27. The molecule has 0 saturated heterocycles. The summed E-state index contributed by atoms with van der Waals surface area (Å²) < 4.78 is 0.614. The van der Waals surface area contributed by atoms with Gasteiger partial charge in [0.2, 0.25) is 11.0 Å². The Balaban J connectivity index is 1.79. The van der Waals surface area contributed by atoms with E-state index in [2.05, 4.69) is 26.1 Å². The Kier molecular flexibility index (Phi) is 7.29. The van der Waals surface area contributed by atoms with Crippen LogP contribution in [-0.4, -0.2) is 34.4 Å². The minimum absolute atomic E-state index is 0.0490. The first kappa shape index (κ1) is 18.5. The number of nitrogens with zero attached hydrogens (tertiary/aromatic N) is 2. The van der Waals surface area contributed by atoms with Crippen molar-refractivity contribution in [3.05, 3.63) is 29.3 Å². The number of benzene rings is 1. The number of carbonyl (C=O) groups excluding carboxylic acids is 2. The Morgan fingerprint density at radius 1 is 1.21 bits per heavy atom. The molecule has 0 aliphatic carbocycles. The van der Waals surface area contributed by atoms with Crippen molar-refractivity contribution in [2.75, 3.05) is 22.9 Å². The molecule has 0 spiro atoms. The summed E-state index contributed by atoms with van der Waals surface area (Å²) in [4.78, 5) is 23.4. The average molecular weight is 386 g/mol. The largest absolute Gasteiger partial charge is 0.355 e. The van der Waals surface area contributed by atoms with Gasteiger partial charge in [-0.15, -0.1) is 10.2 Å². The summed E-state index contributed by atoms with van der Waals surface area (Å²) in [6, 6.07) is 6.32. The fraction of sp³-hybridized carbons (Fsp3) is 0.286. The van der Waals surface area contributed by atoms with Gasteiger partial charge in [-0.05, 0) is 30.7 Å². The first-order valence-corrected chi connectivity index (χ1v) is 9.31. The van der Waals surface area contributed by atoms with Gasteiger partial charge in [-0.25, -0.2) is 4.79 Å². The topological polar surface area (TPSA) is 96.0 Å². The molecule has 0 saturated carbocycles. The molecule has 24 heavy (non-hydrogen) atoms. The van der Waals surface area contributed by atoms with Crippen molar-refractivity contribution < 1.29 is 9.59 Å². The molecule has 1 heterocycles. The molecule has 0 aliphatic rings. The van der Waals surface area contributed by atoms with Gasteiger partial charge < -0.3 is 10.6 Å². The summed E-state index contributed by atoms with van der Waals surface area (Å²) in [5.74, 6) is 0.220. The van der Waals surface area contributed by atoms with Gasteiger partial charge >= 0.3 is 6.03 Å². The summed E-state index contributed by atoms with van der Waals surface area (Å²) in [7, 11) is 0.